The highest BCUT2D eigenvalue weighted by Crippen LogP contribution is 2.26. The van der Waals surface area contributed by atoms with E-state index >= 15 is 0 Å². The molecule has 0 bridgehead atoms. The molecule has 0 saturated heterocycles. The van der Waals surface area contributed by atoms with Crippen LogP contribution in [0.4, 0.5) is 11.4 Å². The topological polar surface area (TPSA) is 106 Å². The van der Waals surface area contributed by atoms with E-state index in [0.29, 0.717) is 17.8 Å². The van der Waals surface area contributed by atoms with Crippen LogP contribution in [-0.2, 0) is 6.42 Å². The molecule has 0 radical (unpaired) electrons. The van der Waals surface area contributed by atoms with Crippen LogP contribution in [0.3, 0.4) is 0 Å². The van der Waals surface area contributed by atoms with Crippen LogP contribution in [0.1, 0.15) is 34.8 Å². The van der Waals surface area contributed by atoms with E-state index < -0.39 is 10.8 Å². The molecular formula is C29H34N6O4. The number of nitrogens with one attached hydrogen (secondary N) is 1. The third-order valence-corrected chi connectivity index (χ3v) is 6.42. The van der Waals surface area contributed by atoms with Gasteiger partial charge < -0.3 is 14.5 Å². The fourth-order valence-electron chi connectivity index (χ4n) is 4.44. The monoisotopic (exact) mass is 530 g/mol. The summed E-state index contributed by atoms with van der Waals surface area (Å²) in [6.07, 6.45) is 3.29. The Hall–Kier alpha value is -4.44. The van der Waals surface area contributed by atoms with E-state index in [2.05, 4.69) is 21.5 Å². The number of anilines is 1. The van der Waals surface area contributed by atoms with Gasteiger partial charge in [-0.15, -0.1) is 0 Å². The minimum atomic E-state index is -0.606. The standard InChI is InChI=1S/C29H34N6O4/c1-5-39-25-9-6-8-21(18-25)16-22-10-13-27-23(17-22)20-30-34(27)31-29(36)26-12-11-24(19-28(26)35(37)38)33(4)15-7-14-32(2)3/h6,8-13,17-20H,5,7,14-16H2,1-4H3,(H,31,36). The van der Waals surface area contributed by atoms with Crippen LogP contribution >= 0.6 is 0 Å². The third-order valence-electron chi connectivity index (χ3n) is 6.42. The van der Waals surface area contributed by atoms with Crippen molar-refractivity contribution in [2.45, 2.75) is 19.8 Å². The van der Waals surface area contributed by atoms with Gasteiger partial charge in [-0.2, -0.15) is 9.89 Å². The van der Waals surface area contributed by atoms with E-state index in [0.717, 1.165) is 48.2 Å². The molecule has 1 aromatic heterocycles. The molecule has 3 aromatic carbocycles. The maximum absolute atomic E-state index is 13.1. The van der Waals surface area contributed by atoms with Gasteiger partial charge in [0.2, 0.25) is 0 Å². The van der Waals surface area contributed by atoms with Gasteiger partial charge in [0, 0.05) is 30.7 Å². The number of ether oxygens (including phenoxy) is 1. The first-order valence-electron chi connectivity index (χ1n) is 12.9. The maximum Gasteiger partial charge on any atom is 0.284 e. The molecular weight excluding hydrogens is 496 g/mol. The lowest BCUT2D eigenvalue weighted by Crippen LogP contribution is -2.25. The molecule has 39 heavy (non-hydrogen) atoms. The number of hydrogen-bond acceptors (Lipinski definition) is 7. The van der Waals surface area contributed by atoms with Crippen molar-refractivity contribution in [2.24, 2.45) is 0 Å². The van der Waals surface area contributed by atoms with Crippen molar-refractivity contribution < 1.29 is 14.5 Å². The number of fused-ring (bicyclic) bond motifs is 1. The largest absolute Gasteiger partial charge is 0.494 e. The minimum Gasteiger partial charge on any atom is -0.494 e. The molecule has 0 spiro atoms. The quantitative estimate of drug-likeness (QED) is 0.209. The van der Waals surface area contributed by atoms with Crippen LogP contribution in [-0.4, -0.2) is 66.5 Å². The second-order valence-electron chi connectivity index (χ2n) is 9.68. The van der Waals surface area contributed by atoms with Crippen LogP contribution in [0.5, 0.6) is 5.75 Å². The number of rotatable bonds is 12. The fraction of sp³-hybridized carbons (Fsp3) is 0.310. The van der Waals surface area contributed by atoms with E-state index in [1.807, 2.05) is 69.4 Å². The summed E-state index contributed by atoms with van der Waals surface area (Å²) in [4.78, 5) is 29.8. The number of benzene rings is 3. The van der Waals surface area contributed by atoms with Gasteiger partial charge in [0.05, 0.1) is 23.2 Å². The molecule has 204 valence electrons. The smallest absolute Gasteiger partial charge is 0.284 e. The molecule has 4 aromatic rings. The fourth-order valence-corrected chi connectivity index (χ4v) is 4.44. The summed E-state index contributed by atoms with van der Waals surface area (Å²) in [7, 11) is 5.89. The van der Waals surface area contributed by atoms with Crippen molar-refractivity contribution >= 4 is 28.2 Å². The van der Waals surface area contributed by atoms with Gasteiger partial charge >= 0.3 is 0 Å². The third kappa shape index (κ3) is 6.91. The molecule has 0 unspecified atom stereocenters. The average molecular weight is 531 g/mol. The molecule has 0 aliphatic heterocycles. The van der Waals surface area contributed by atoms with Gasteiger partial charge in [-0.3, -0.25) is 14.9 Å². The average Bonchev–Trinajstić information content (AvgIpc) is 3.30. The van der Waals surface area contributed by atoms with E-state index in [1.54, 1.807) is 12.3 Å². The van der Waals surface area contributed by atoms with Crippen molar-refractivity contribution in [1.29, 1.82) is 0 Å². The van der Waals surface area contributed by atoms with Crippen molar-refractivity contribution in [1.82, 2.24) is 14.8 Å². The summed E-state index contributed by atoms with van der Waals surface area (Å²) in [5.41, 5.74) is 5.99. The van der Waals surface area contributed by atoms with Gasteiger partial charge in [-0.25, -0.2) is 5.43 Å². The Kier molecular flexibility index (Phi) is 8.77. The van der Waals surface area contributed by atoms with Crippen LogP contribution in [0.15, 0.2) is 66.9 Å². The van der Waals surface area contributed by atoms with Crippen molar-refractivity contribution in [3.8, 4) is 5.75 Å². The summed E-state index contributed by atoms with van der Waals surface area (Å²) in [6, 6.07) is 18.5. The summed E-state index contributed by atoms with van der Waals surface area (Å²) in [6.45, 7) is 4.21. The van der Waals surface area contributed by atoms with Crippen molar-refractivity contribution in [3.05, 3.63) is 93.7 Å². The second-order valence-corrected chi connectivity index (χ2v) is 9.68. The molecule has 0 aliphatic rings. The first kappa shape index (κ1) is 27.6. The Morgan fingerprint density at radius 1 is 1.05 bits per heavy atom. The van der Waals surface area contributed by atoms with E-state index in [1.165, 1.54) is 16.9 Å². The molecule has 1 heterocycles. The van der Waals surface area contributed by atoms with Gasteiger partial charge in [0.1, 0.15) is 11.3 Å². The number of hydrogen-bond donors (Lipinski definition) is 1. The molecule has 10 heteroatoms. The molecule has 1 N–H and O–H groups in total. The Bertz CT molecular complexity index is 1470. The van der Waals surface area contributed by atoms with Crippen molar-refractivity contribution in [2.75, 3.05) is 51.2 Å². The van der Waals surface area contributed by atoms with E-state index in [-0.39, 0.29) is 11.3 Å². The number of carbonyl (C=O) groups excluding carboxylic acids is 1. The first-order chi connectivity index (χ1) is 18.7. The van der Waals surface area contributed by atoms with E-state index in [4.69, 9.17) is 4.74 Å². The molecule has 0 saturated carbocycles. The Morgan fingerprint density at radius 3 is 2.59 bits per heavy atom. The highest BCUT2D eigenvalue weighted by Gasteiger charge is 2.22. The van der Waals surface area contributed by atoms with Crippen LogP contribution < -0.4 is 15.1 Å². The molecule has 10 nitrogen and oxygen atoms in total. The predicted molar refractivity (Wildman–Crippen MR) is 153 cm³/mol. The molecule has 0 fully saturated rings. The molecule has 0 aliphatic carbocycles. The highest BCUT2D eigenvalue weighted by atomic mass is 16.6. The Balaban J connectivity index is 1.49. The SMILES string of the molecule is CCOc1cccc(Cc2ccc3c(cnn3NC(=O)c3ccc(N(C)CCCN(C)C)cc3[N+](=O)[O-])c2)c1. The zero-order chi connectivity index (χ0) is 27.9. The predicted octanol–water partition coefficient (Wildman–Crippen LogP) is 4.71. The lowest BCUT2D eigenvalue weighted by atomic mass is 10.0. The Labute approximate surface area is 227 Å². The molecule has 1 amide bonds. The summed E-state index contributed by atoms with van der Waals surface area (Å²) < 4.78 is 5.60. The summed E-state index contributed by atoms with van der Waals surface area (Å²) in [5.74, 6) is 0.232. The number of nitro groups is 1. The van der Waals surface area contributed by atoms with E-state index in [9.17, 15) is 14.9 Å². The van der Waals surface area contributed by atoms with Crippen LogP contribution in [0.25, 0.3) is 10.9 Å². The van der Waals surface area contributed by atoms with Gasteiger partial charge in [0.25, 0.3) is 11.6 Å². The number of aromatic nitrogens is 2. The van der Waals surface area contributed by atoms with Crippen LogP contribution in [0, 0.1) is 10.1 Å². The molecule has 4 rings (SSSR count). The minimum absolute atomic E-state index is 0.0279. The second kappa shape index (κ2) is 12.4. The zero-order valence-corrected chi connectivity index (χ0v) is 22.8. The van der Waals surface area contributed by atoms with Gasteiger partial charge in [-0.05, 0) is 87.9 Å². The summed E-state index contributed by atoms with van der Waals surface area (Å²) >= 11 is 0. The Morgan fingerprint density at radius 2 is 1.85 bits per heavy atom. The lowest BCUT2D eigenvalue weighted by Gasteiger charge is -2.20. The number of nitro benzene ring substituents is 1. The van der Waals surface area contributed by atoms with Gasteiger partial charge in [0.15, 0.2) is 0 Å². The normalized spacial score (nSPS) is 11.1. The highest BCUT2D eigenvalue weighted by molar-refractivity contribution is 6.04. The lowest BCUT2D eigenvalue weighted by molar-refractivity contribution is -0.385. The number of amides is 1. The van der Waals surface area contributed by atoms with Gasteiger partial charge in [-0.1, -0.05) is 18.2 Å². The van der Waals surface area contributed by atoms with Crippen LogP contribution in [0.2, 0.25) is 0 Å². The first-order valence-corrected chi connectivity index (χ1v) is 12.9. The summed E-state index contributed by atoms with van der Waals surface area (Å²) in [5, 5.41) is 17.0. The number of nitrogens with zero attached hydrogens (tertiary/aromatic N) is 5. The van der Waals surface area contributed by atoms with Crippen molar-refractivity contribution in [3.63, 3.8) is 0 Å². The number of carbonyl (C=O) groups is 1. The maximum atomic E-state index is 13.1. The molecule has 0 atom stereocenters. The zero-order valence-electron chi connectivity index (χ0n) is 22.8.